The normalized spacial score (nSPS) is 14.0. The van der Waals surface area contributed by atoms with Crippen LogP contribution < -0.4 is 26.3 Å². The highest BCUT2D eigenvalue weighted by Gasteiger charge is 2.23. The SMILES string of the molecule is COC(=O)NNCN=C(N=C1Nc2cc(O)c(NC(=O)OC)cc2ON1C)SCC(=O)O. The highest BCUT2D eigenvalue weighted by molar-refractivity contribution is 8.14. The number of hydrogen-bond donors (Lipinski definition) is 6. The summed E-state index contributed by atoms with van der Waals surface area (Å²) >= 11 is 0.832. The number of thioether (sulfide) groups is 1. The molecule has 1 aliphatic heterocycles. The number of hydrogen-bond acceptors (Lipinski definition) is 10. The molecule has 6 N–H and O–H groups in total. The van der Waals surface area contributed by atoms with Gasteiger partial charge in [-0.05, 0) is 0 Å². The van der Waals surface area contributed by atoms with E-state index in [1.807, 2.05) is 0 Å². The Balaban J connectivity index is 2.21. The molecule has 15 nitrogen and oxygen atoms in total. The molecule has 0 saturated carbocycles. The Bertz CT molecular complexity index is 939. The van der Waals surface area contributed by atoms with Crippen LogP contribution >= 0.6 is 11.8 Å². The lowest BCUT2D eigenvalue weighted by molar-refractivity contribution is -0.133. The molecule has 0 unspecified atom stereocenters. The van der Waals surface area contributed by atoms with Crippen LogP contribution in [0.15, 0.2) is 22.1 Å². The molecule has 1 heterocycles. The van der Waals surface area contributed by atoms with E-state index in [2.05, 4.69) is 40.9 Å². The number of aliphatic carboxylic acids is 1. The van der Waals surface area contributed by atoms with Crippen molar-refractivity contribution in [2.24, 2.45) is 9.98 Å². The Hall–Kier alpha value is -3.92. The van der Waals surface area contributed by atoms with Crippen LogP contribution in [0, 0.1) is 0 Å². The number of phenols is 1. The molecule has 1 aromatic rings. The van der Waals surface area contributed by atoms with Crippen LogP contribution in [-0.4, -0.2) is 78.2 Å². The minimum atomic E-state index is -1.08. The number of carbonyl (C=O) groups excluding carboxylic acids is 2. The Kier molecular flexibility index (Phi) is 8.72. The number of benzene rings is 1. The van der Waals surface area contributed by atoms with Crippen LogP contribution in [0.2, 0.25) is 0 Å². The number of carboxylic acids is 1. The second-order valence-electron chi connectivity index (χ2n) is 5.71. The number of phenolic OH excluding ortho intramolecular Hbond substituents is 1. The highest BCUT2D eigenvalue weighted by Crippen LogP contribution is 2.38. The molecule has 174 valence electrons. The molecule has 0 atom stereocenters. The summed E-state index contributed by atoms with van der Waals surface area (Å²) in [6.07, 6.45) is -1.50. The van der Waals surface area contributed by atoms with Crippen molar-refractivity contribution in [1.29, 1.82) is 0 Å². The summed E-state index contributed by atoms with van der Waals surface area (Å²) in [4.78, 5) is 47.3. The van der Waals surface area contributed by atoms with Crippen molar-refractivity contribution in [3.05, 3.63) is 12.1 Å². The van der Waals surface area contributed by atoms with Gasteiger partial charge in [0.05, 0.1) is 31.3 Å². The number of anilines is 2. The first-order chi connectivity index (χ1) is 15.2. The van der Waals surface area contributed by atoms with Gasteiger partial charge in [-0.15, -0.1) is 0 Å². The molecule has 0 fully saturated rings. The van der Waals surface area contributed by atoms with Gasteiger partial charge in [0.25, 0.3) is 0 Å². The monoisotopic (exact) mass is 471 g/mol. The molecule has 0 aliphatic carbocycles. The zero-order valence-electron chi connectivity index (χ0n) is 17.2. The van der Waals surface area contributed by atoms with E-state index in [0.29, 0.717) is 5.69 Å². The average molecular weight is 471 g/mol. The summed E-state index contributed by atoms with van der Waals surface area (Å²) in [5.74, 6) is -1.27. The summed E-state index contributed by atoms with van der Waals surface area (Å²) in [5.41, 5.74) is 5.05. The van der Waals surface area contributed by atoms with Crippen molar-refractivity contribution in [3.63, 3.8) is 0 Å². The maximum atomic E-state index is 11.4. The van der Waals surface area contributed by atoms with E-state index in [1.54, 1.807) is 0 Å². The Morgan fingerprint density at radius 1 is 1.25 bits per heavy atom. The van der Waals surface area contributed by atoms with Crippen LogP contribution in [0.25, 0.3) is 0 Å². The topological polar surface area (TPSA) is 195 Å². The molecule has 2 rings (SSSR count). The van der Waals surface area contributed by atoms with E-state index in [0.717, 1.165) is 11.8 Å². The van der Waals surface area contributed by atoms with Crippen LogP contribution in [-0.2, 0) is 14.3 Å². The summed E-state index contributed by atoms with van der Waals surface area (Å²) in [6, 6.07) is 2.67. The number of aromatic hydroxyl groups is 1. The Morgan fingerprint density at radius 3 is 2.62 bits per heavy atom. The molecule has 2 amide bonds. The molecule has 0 radical (unpaired) electrons. The van der Waals surface area contributed by atoms with E-state index in [-0.39, 0.29) is 40.7 Å². The third kappa shape index (κ3) is 7.10. The third-order valence-electron chi connectivity index (χ3n) is 3.50. The summed E-state index contributed by atoms with van der Waals surface area (Å²) in [7, 11) is 3.89. The molecular formula is C16H21N7O8S. The van der Waals surface area contributed by atoms with Gasteiger partial charge < -0.3 is 29.8 Å². The number of hydroxylamine groups is 2. The Morgan fingerprint density at radius 2 is 1.97 bits per heavy atom. The number of amides is 2. The van der Waals surface area contributed by atoms with E-state index in [4.69, 9.17) is 9.94 Å². The first-order valence-electron chi connectivity index (χ1n) is 8.68. The van der Waals surface area contributed by atoms with Crippen LogP contribution in [0.3, 0.4) is 0 Å². The van der Waals surface area contributed by atoms with Crippen LogP contribution in [0.1, 0.15) is 0 Å². The lowest BCUT2D eigenvalue weighted by Gasteiger charge is -2.29. The standard InChI is InChI=1S/C16H21N7O8S/c1-23-13(21-14(32-6-12(25)26)17-7-18-22-16(28)30-3)19-9-4-10(24)8(5-11(9)31-23)20-15(27)29-2/h4-5,18,24H,6-7H2,1-3H3,(H,20,27)(H,22,28)(H,25,26)(H,17,19,21). The summed E-state index contributed by atoms with van der Waals surface area (Å²) in [6.45, 7) is -0.127. The molecule has 0 aromatic heterocycles. The largest absolute Gasteiger partial charge is 0.506 e. The fraction of sp³-hybridized carbons (Fsp3) is 0.312. The average Bonchev–Trinajstić information content (AvgIpc) is 2.75. The first kappa shape index (κ1) is 24.4. The van der Waals surface area contributed by atoms with Gasteiger partial charge in [0, 0.05) is 19.2 Å². The molecule has 0 bridgehead atoms. The molecule has 0 saturated heterocycles. The smallest absolute Gasteiger partial charge is 0.421 e. The number of fused-ring (bicyclic) bond motifs is 1. The van der Waals surface area contributed by atoms with E-state index >= 15 is 0 Å². The molecule has 1 aromatic carbocycles. The highest BCUT2D eigenvalue weighted by atomic mass is 32.2. The predicted octanol–water partition coefficient (Wildman–Crippen LogP) is 0.569. The number of hydrazine groups is 1. The van der Waals surface area contributed by atoms with Crippen molar-refractivity contribution in [2.45, 2.75) is 0 Å². The number of nitrogens with one attached hydrogen (secondary N) is 4. The van der Waals surface area contributed by atoms with Crippen LogP contribution in [0.4, 0.5) is 21.0 Å². The first-order valence-corrected chi connectivity index (χ1v) is 9.67. The Labute approximate surface area is 185 Å². The lowest BCUT2D eigenvalue weighted by Crippen LogP contribution is -2.40. The minimum Gasteiger partial charge on any atom is -0.506 e. The van der Waals surface area contributed by atoms with Gasteiger partial charge in [0.15, 0.2) is 10.9 Å². The maximum Gasteiger partial charge on any atom is 0.421 e. The van der Waals surface area contributed by atoms with Crippen molar-refractivity contribution in [1.82, 2.24) is 15.9 Å². The molecule has 32 heavy (non-hydrogen) atoms. The van der Waals surface area contributed by atoms with E-state index in [9.17, 15) is 19.5 Å². The number of amidine groups is 1. The van der Waals surface area contributed by atoms with Crippen molar-refractivity contribution >= 4 is 52.4 Å². The van der Waals surface area contributed by atoms with Gasteiger partial charge in [-0.25, -0.2) is 20.0 Å². The van der Waals surface area contributed by atoms with Crippen LogP contribution in [0.5, 0.6) is 11.5 Å². The fourth-order valence-corrected chi connectivity index (χ4v) is 2.65. The number of carbonyl (C=O) groups is 3. The zero-order chi connectivity index (χ0) is 23.7. The number of aliphatic imine (C=N–C) groups is 2. The molecule has 16 heteroatoms. The van der Waals surface area contributed by atoms with E-state index < -0.39 is 18.2 Å². The third-order valence-corrected chi connectivity index (χ3v) is 4.37. The molecule has 1 aliphatic rings. The van der Waals surface area contributed by atoms with Gasteiger partial charge in [0.2, 0.25) is 5.96 Å². The minimum absolute atomic E-state index is 0.0566. The summed E-state index contributed by atoms with van der Waals surface area (Å²) < 4.78 is 8.89. The van der Waals surface area contributed by atoms with Gasteiger partial charge in [-0.1, -0.05) is 11.8 Å². The number of methoxy groups -OCH3 is 2. The second-order valence-corrected chi connectivity index (χ2v) is 6.65. The molecule has 0 spiro atoms. The van der Waals surface area contributed by atoms with Gasteiger partial charge in [-0.3, -0.25) is 15.5 Å². The maximum absolute atomic E-state index is 11.4. The second kappa shape index (κ2) is 11.5. The molecular weight excluding hydrogens is 450 g/mol. The van der Waals surface area contributed by atoms with Gasteiger partial charge >= 0.3 is 18.2 Å². The van der Waals surface area contributed by atoms with Crippen molar-refractivity contribution in [3.8, 4) is 11.5 Å². The van der Waals surface area contributed by atoms with Crippen molar-refractivity contribution < 1.29 is 38.9 Å². The quantitative estimate of drug-likeness (QED) is 0.111. The van der Waals surface area contributed by atoms with E-state index in [1.165, 1.54) is 38.5 Å². The van der Waals surface area contributed by atoms with Crippen molar-refractivity contribution in [2.75, 3.05) is 44.3 Å². The zero-order valence-corrected chi connectivity index (χ0v) is 18.0. The number of nitrogens with zero attached hydrogens (tertiary/aromatic N) is 3. The lowest BCUT2D eigenvalue weighted by atomic mass is 10.2. The predicted molar refractivity (Wildman–Crippen MR) is 115 cm³/mol. The number of guanidine groups is 1. The number of carboxylic acid groups (broad SMARTS) is 1. The fourth-order valence-electron chi connectivity index (χ4n) is 2.09. The van der Waals surface area contributed by atoms with Gasteiger partial charge in [0.1, 0.15) is 12.4 Å². The number of ether oxygens (including phenoxy) is 2. The van der Waals surface area contributed by atoms with Gasteiger partial charge in [-0.2, -0.15) is 10.1 Å². The number of rotatable bonds is 6. The summed E-state index contributed by atoms with van der Waals surface area (Å²) in [5, 5.41) is 25.6.